The second-order valence-corrected chi connectivity index (χ2v) is 12.1. The molecule has 1 aromatic carbocycles. The van der Waals surface area contributed by atoms with Crippen molar-refractivity contribution < 1.29 is 4.42 Å². The van der Waals surface area contributed by atoms with Crippen LogP contribution in [0.15, 0.2) is 151 Å². The number of aryl methyl sites for hydroxylation is 9. The topological polar surface area (TPSA) is 190 Å². The van der Waals surface area contributed by atoms with E-state index in [2.05, 4.69) is 105 Å². The number of aromatic nitrogens is 16. The second kappa shape index (κ2) is 65.3. The summed E-state index contributed by atoms with van der Waals surface area (Å²) in [6.07, 6.45) is 18.9. The van der Waals surface area contributed by atoms with Crippen LogP contribution in [0, 0.1) is 34.6 Å². The summed E-state index contributed by atoms with van der Waals surface area (Å²) in [5.41, 5.74) is 1.32. The van der Waals surface area contributed by atoms with Gasteiger partial charge in [0.1, 0.15) is 30.6 Å². The zero-order valence-electron chi connectivity index (χ0n) is 43.4. The third-order valence-corrected chi connectivity index (χ3v) is 6.77. The molecule has 0 radical (unpaired) electrons. The van der Waals surface area contributed by atoms with Crippen molar-refractivity contribution >= 4 is 11.3 Å². The number of hydrogen-bond acceptors (Lipinski definition) is 13. The van der Waals surface area contributed by atoms with Gasteiger partial charge in [-0.1, -0.05) is 145 Å². The predicted octanol–water partition coefficient (Wildman–Crippen LogP) is 13.4. The molecule has 0 saturated carbocycles. The highest BCUT2D eigenvalue weighted by atomic mass is 32.1. The minimum Gasteiger partial charge on any atom is -0.470 e. The molecule has 69 heavy (non-hydrogen) atoms. The number of H-pyrrole nitrogens is 1. The van der Waals surface area contributed by atoms with Crippen molar-refractivity contribution in [3.8, 4) is 0 Å². The van der Waals surface area contributed by atoms with Crippen molar-refractivity contribution in [1.82, 2.24) is 79.7 Å². The van der Waals surface area contributed by atoms with E-state index in [1.165, 1.54) is 27.8 Å². The molecule has 9 aromatic rings. The number of pyridine rings is 1. The minimum absolute atomic E-state index is 0. The summed E-state index contributed by atoms with van der Waals surface area (Å²) in [5, 5.41) is 28.7. The first-order valence-corrected chi connectivity index (χ1v) is 22.8. The van der Waals surface area contributed by atoms with E-state index in [0.29, 0.717) is 5.82 Å². The Hall–Kier alpha value is -6.95. The molecule has 17 nitrogen and oxygen atoms in total. The molecule has 0 aliphatic rings. The average molecular weight is 979 g/mol. The van der Waals surface area contributed by atoms with Gasteiger partial charge < -0.3 is 13.6 Å². The van der Waals surface area contributed by atoms with Gasteiger partial charge in [-0.15, -0.1) is 26.6 Å². The van der Waals surface area contributed by atoms with Gasteiger partial charge in [-0.2, -0.15) is 10.3 Å². The van der Waals surface area contributed by atoms with Crippen LogP contribution in [-0.2, 0) is 28.2 Å². The lowest BCUT2D eigenvalue weighted by atomic mass is 10.2. The number of hydrogen-bond donors (Lipinski definition) is 1. The third-order valence-electron chi connectivity index (χ3n) is 5.97. The van der Waals surface area contributed by atoms with Gasteiger partial charge in [-0.3, -0.25) is 9.67 Å². The number of tetrazole rings is 2. The Balaban J connectivity index is -0.0000000983. The van der Waals surface area contributed by atoms with Crippen molar-refractivity contribution in [2.75, 3.05) is 0 Å². The first-order chi connectivity index (χ1) is 32.1. The van der Waals surface area contributed by atoms with Gasteiger partial charge in [0.15, 0.2) is 5.82 Å². The van der Waals surface area contributed by atoms with Crippen LogP contribution < -0.4 is 0 Å². The number of imidazole rings is 2. The molecule has 18 heteroatoms. The number of nitrogens with zero attached hydrogens (tertiary/aromatic N) is 15. The van der Waals surface area contributed by atoms with E-state index in [1.807, 2.05) is 174 Å². The Morgan fingerprint density at radius 2 is 1.19 bits per heavy atom. The Labute approximate surface area is 423 Å². The van der Waals surface area contributed by atoms with E-state index >= 15 is 0 Å². The highest BCUT2D eigenvalue weighted by Gasteiger charge is 1.84. The van der Waals surface area contributed by atoms with Gasteiger partial charge in [0.25, 0.3) is 0 Å². The highest BCUT2D eigenvalue weighted by Crippen LogP contribution is 2.03. The molecule has 0 saturated heterocycles. The summed E-state index contributed by atoms with van der Waals surface area (Å²) in [5.74, 6) is 2.70. The van der Waals surface area contributed by atoms with Crippen LogP contribution in [0.25, 0.3) is 0 Å². The normalized spacial score (nSPS) is 7.58. The molecule has 0 atom stereocenters. The van der Waals surface area contributed by atoms with E-state index in [4.69, 9.17) is 4.42 Å². The van der Waals surface area contributed by atoms with Crippen LogP contribution in [0.5, 0.6) is 0 Å². The third kappa shape index (κ3) is 61.0. The number of nitrogens with one attached hydrogen (secondary N) is 1. The van der Waals surface area contributed by atoms with Crippen molar-refractivity contribution in [1.29, 1.82) is 0 Å². The molecule has 0 amide bonds. The molecule has 1 N–H and O–H groups in total. The van der Waals surface area contributed by atoms with Gasteiger partial charge in [0.2, 0.25) is 0 Å². The lowest BCUT2D eigenvalue weighted by molar-refractivity contribution is 0.534. The molecule has 8 aromatic heterocycles. The molecule has 0 aliphatic heterocycles. The van der Waals surface area contributed by atoms with Crippen LogP contribution in [0.1, 0.15) is 119 Å². The summed E-state index contributed by atoms with van der Waals surface area (Å²) >= 11 is 1.78. The predicted molar refractivity (Wildman–Crippen MR) is 295 cm³/mol. The van der Waals surface area contributed by atoms with Crippen LogP contribution >= 0.6 is 11.3 Å². The zero-order chi connectivity index (χ0) is 51.1. The van der Waals surface area contributed by atoms with Crippen LogP contribution in [0.3, 0.4) is 0 Å². The SMILES string of the molecule is C.C.C.CC.CC.CC.CC.CC.Cc1ccccc1.Cc1ccco1.Cc1cccs1.Cc1nccn1C.Cc1nn[nH]n1.Cn1ccnc1.Cn1cncn1.Cn1cnnn1.c1ccncc1. The Morgan fingerprint density at radius 3 is 1.33 bits per heavy atom. The molecule has 8 heterocycles. The fraction of sp³-hybridized carbons (Fsp3) is 0.431. The van der Waals surface area contributed by atoms with Gasteiger partial charge in [-0.05, 0) is 80.8 Å². The number of aromatic amines is 1. The van der Waals surface area contributed by atoms with E-state index in [9.17, 15) is 0 Å². The van der Waals surface area contributed by atoms with E-state index < -0.39 is 0 Å². The molecule has 390 valence electrons. The monoisotopic (exact) mass is 979 g/mol. The molecule has 0 aliphatic carbocycles. The smallest absolute Gasteiger partial charge is 0.171 e. The van der Waals surface area contributed by atoms with Crippen LogP contribution in [0.4, 0.5) is 0 Å². The van der Waals surface area contributed by atoms with Gasteiger partial charge in [-0.25, -0.2) is 19.6 Å². The molecule has 0 fully saturated rings. The first kappa shape index (κ1) is 79.2. The Morgan fingerprint density at radius 1 is 0.580 bits per heavy atom. The van der Waals surface area contributed by atoms with Crippen molar-refractivity contribution in [2.24, 2.45) is 28.2 Å². The summed E-state index contributed by atoms with van der Waals surface area (Å²) in [6.45, 7) is 29.8. The molecular weight excluding hydrogens is 885 g/mol. The van der Waals surface area contributed by atoms with E-state index in [1.54, 1.807) is 73.7 Å². The van der Waals surface area contributed by atoms with Crippen LogP contribution in [-0.4, -0.2) is 79.7 Å². The molecule has 9 rings (SSSR count). The van der Waals surface area contributed by atoms with Crippen molar-refractivity contribution in [2.45, 2.75) is 126 Å². The second-order valence-electron chi connectivity index (χ2n) is 11.0. The maximum atomic E-state index is 4.83. The molecule has 0 bridgehead atoms. The van der Waals surface area contributed by atoms with E-state index in [0.717, 1.165) is 11.6 Å². The van der Waals surface area contributed by atoms with Gasteiger partial charge in [0.05, 0.1) is 12.6 Å². The lowest BCUT2D eigenvalue weighted by Gasteiger charge is -1.87. The summed E-state index contributed by atoms with van der Waals surface area (Å²) in [4.78, 5) is 16.6. The Kier molecular flexibility index (Phi) is 75.0. The maximum Gasteiger partial charge on any atom is 0.171 e. The average Bonchev–Trinajstić information content (AvgIpc) is 4.24. The number of furan rings is 1. The number of rotatable bonds is 0. The lowest BCUT2D eigenvalue weighted by Crippen LogP contribution is -1.86. The standard InChI is InChI=1S/C7H8.C5H8N2.C5H5N.C5H6O.C5H6S.C4H6N2.C3H5N3.2C2H4N4.5C2H6.3CH4/c1-7-5-3-2-4-6-7;1-5-6-3-4-7(5)2;1-2-4-6-5-3-1;2*1-5-3-2-4-6-5;1-6-3-2-5-4-6;1-6-3-4-2-5-6;1-6-2-3-4-5-6;1-2-3-5-6-4-2;5*1-2;;;/h2-6H,1H3;3-4H,1-2H3;1-5H;3*2-4H,1H3;2-3H,1H3;2H,1H3;1H3,(H,3,4,5,6);5*1-2H3;3*1H4. The fourth-order valence-corrected chi connectivity index (χ4v) is 3.55. The highest BCUT2D eigenvalue weighted by molar-refractivity contribution is 7.09. The quantitative estimate of drug-likeness (QED) is 0.151. The summed E-state index contributed by atoms with van der Waals surface area (Å²) < 4.78 is 11.9. The maximum absolute atomic E-state index is 4.83. The summed E-state index contributed by atoms with van der Waals surface area (Å²) in [7, 11) is 7.50. The van der Waals surface area contributed by atoms with Crippen LogP contribution in [0.2, 0.25) is 0 Å². The molecule has 0 spiro atoms. The zero-order valence-corrected chi connectivity index (χ0v) is 44.2. The fourth-order valence-electron chi connectivity index (χ4n) is 3.02. The number of thiophene rings is 1. The van der Waals surface area contributed by atoms with Crippen molar-refractivity contribution in [3.05, 3.63) is 175 Å². The van der Waals surface area contributed by atoms with E-state index in [-0.39, 0.29) is 22.3 Å². The Bertz CT molecular complexity index is 1730. The summed E-state index contributed by atoms with van der Waals surface area (Å²) in [6, 6.07) is 23.9. The molecular formula is C51H94N16OS. The number of benzene rings is 1. The minimum atomic E-state index is 0. The molecule has 0 unspecified atom stereocenters. The largest absolute Gasteiger partial charge is 0.470 e. The first-order valence-electron chi connectivity index (χ1n) is 21.9. The van der Waals surface area contributed by atoms with Crippen molar-refractivity contribution in [3.63, 3.8) is 0 Å². The van der Waals surface area contributed by atoms with Gasteiger partial charge >= 0.3 is 0 Å². The van der Waals surface area contributed by atoms with Gasteiger partial charge in [0, 0.05) is 70.2 Å².